The molecule has 60 valence electrons. The van der Waals surface area contributed by atoms with Crippen LogP contribution in [0.25, 0.3) is 0 Å². The van der Waals surface area contributed by atoms with Crippen molar-refractivity contribution in [2.24, 2.45) is 0 Å². The van der Waals surface area contributed by atoms with Crippen LogP contribution in [-0.4, -0.2) is 11.0 Å². The van der Waals surface area contributed by atoms with E-state index in [1.165, 1.54) is 18.3 Å². The summed E-state index contributed by atoms with van der Waals surface area (Å²) in [5.74, 6) is -1.32. The van der Waals surface area contributed by atoms with Gasteiger partial charge in [-0.1, -0.05) is 11.6 Å². The van der Waals surface area contributed by atoms with Gasteiger partial charge < -0.3 is 9.90 Å². The van der Waals surface area contributed by atoms with Crippen LogP contribution < -0.4 is 34.7 Å². The van der Waals surface area contributed by atoms with E-state index in [4.69, 9.17) is 11.6 Å². The van der Waals surface area contributed by atoms with E-state index in [0.29, 0.717) is 5.02 Å². The van der Waals surface area contributed by atoms with E-state index in [1.807, 2.05) is 0 Å². The molecule has 0 unspecified atom stereocenters. The first kappa shape index (κ1) is 14.9. The monoisotopic (exact) mass is 259 g/mol. The Kier molecular flexibility index (Phi) is 8.51. The van der Waals surface area contributed by atoms with Crippen molar-refractivity contribution < 1.29 is 39.5 Å². The van der Waals surface area contributed by atoms with Gasteiger partial charge in [0.15, 0.2) is 0 Å². The molecule has 0 spiro atoms. The number of carboxylic acid groups (broad SMARTS) is 1. The summed E-state index contributed by atoms with van der Waals surface area (Å²) in [6.45, 7) is 0. The fourth-order valence-electron chi connectivity index (χ4n) is 0.516. The van der Waals surface area contributed by atoms with Crippen LogP contribution in [0.2, 0.25) is 5.02 Å². The summed E-state index contributed by atoms with van der Waals surface area (Å²) >= 11 is 5.46. The molecule has 0 radical (unpaired) electrons. The maximum Gasteiger partial charge on any atom is 1.00 e. The number of nitrogens with zero attached hydrogens (tertiary/aromatic N) is 1. The zero-order chi connectivity index (χ0) is 7.56. The molecule has 1 aromatic heterocycles. The first-order chi connectivity index (χ1) is 4.70. The van der Waals surface area contributed by atoms with E-state index in [1.54, 1.807) is 0 Å². The van der Waals surface area contributed by atoms with Gasteiger partial charge in [-0.3, -0.25) is 4.98 Å². The number of aromatic carboxylic acids is 1. The van der Waals surface area contributed by atoms with Crippen LogP contribution in [0.1, 0.15) is 10.5 Å². The summed E-state index contributed by atoms with van der Waals surface area (Å²) in [7, 11) is 0. The number of halogens is 2. The second-order valence-corrected chi connectivity index (χ2v) is 2.08. The van der Waals surface area contributed by atoms with Crippen LogP contribution in [0.4, 0.5) is 0 Å². The third-order valence-corrected chi connectivity index (χ3v) is 1.17. The van der Waals surface area contributed by atoms with Crippen molar-refractivity contribution >= 4 is 34.6 Å². The molecule has 0 aliphatic carbocycles. The van der Waals surface area contributed by atoms with Crippen molar-refractivity contribution in [1.82, 2.24) is 4.98 Å². The normalized spacial score (nSPS) is 7.75. The zero-order valence-electron chi connectivity index (χ0n) is 6.28. The Balaban J connectivity index is 0. The minimum Gasteiger partial charge on any atom is -0.543 e. The first-order valence-electron chi connectivity index (χ1n) is 2.53. The van der Waals surface area contributed by atoms with Gasteiger partial charge in [0.25, 0.3) is 0 Å². The molecule has 0 aromatic carbocycles. The zero-order valence-corrected chi connectivity index (χ0v) is 10.8. The van der Waals surface area contributed by atoms with Gasteiger partial charge in [0.05, 0.1) is 11.7 Å². The van der Waals surface area contributed by atoms with Gasteiger partial charge in [-0.25, -0.2) is 0 Å². The number of carboxylic acids is 1. The summed E-state index contributed by atoms with van der Waals surface area (Å²) < 4.78 is 0. The molecular weight excluding hydrogens is 256 g/mol. The quantitative estimate of drug-likeness (QED) is 0.533. The Morgan fingerprint density at radius 1 is 1.58 bits per heavy atom. The number of aromatic nitrogens is 1. The van der Waals surface area contributed by atoms with Crippen molar-refractivity contribution in [2.45, 2.75) is 0 Å². The van der Waals surface area contributed by atoms with E-state index >= 15 is 0 Å². The van der Waals surface area contributed by atoms with Crippen LogP contribution in [0.3, 0.4) is 0 Å². The summed E-state index contributed by atoms with van der Waals surface area (Å²) in [5, 5.41) is 10.5. The number of carbonyl (C=O) groups is 1. The molecule has 0 aliphatic rings. The molecule has 1 heterocycles. The van der Waals surface area contributed by atoms with Gasteiger partial charge in [0.2, 0.25) is 0 Å². The second kappa shape index (κ2) is 6.86. The van der Waals surface area contributed by atoms with E-state index in [2.05, 4.69) is 4.98 Å². The van der Waals surface area contributed by atoms with Gasteiger partial charge in [0.1, 0.15) is 0 Å². The van der Waals surface area contributed by atoms with E-state index in [0.717, 1.165) is 0 Å². The van der Waals surface area contributed by atoms with Crippen LogP contribution in [0.15, 0.2) is 18.3 Å². The third-order valence-electron chi connectivity index (χ3n) is 0.931. The van der Waals surface area contributed by atoms with Gasteiger partial charge in [-0.15, -0.1) is 17.0 Å². The topological polar surface area (TPSA) is 53.0 Å². The number of hydrogen-bond donors (Lipinski definition) is 0. The number of hydrogen-bond acceptors (Lipinski definition) is 3. The second-order valence-electron chi connectivity index (χ2n) is 1.65. The third kappa shape index (κ3) is 4.42. The largest absolute Gasteiger partial charge is 1.00 e. The Labute approximate surface area is 107 Å². The first-order valence-corrected chi connectivity index (χ1v) is 2.91. The maximum atomic E-state index is 10.1. The molecule has 0 bridgehead atoms. The molecule has 0 amide bonds. The van der Waals surface area contributed by atoms with Crippen LogP contribution >= 0.6 is 28.6 Å². The Hall–Kier alpha value is 0.390. The molecule has 12 heavy (non-hydrogen) atoms. The average molecular weight is 260 g/mol. The number of rotatable bonds is 1. The van der Waals surface area contributed by atoms with Crippen molar-refractivity contribution in [3.8, 4) is 0 Å². The maximum absolute atomic E-state index is 10.1. The molecule has 0 saturated carbocycles. The molecule has 0 saturated heterocycles. The molecule has 0 aliphatic heterocycles. The molecule has 0 N–H and O–H groups in total. The van der Waals surface area contributed by atoms with Crippen molar-refractivity contribution in [3.63, 3.8) is 0 Å². The fourth-order valence-corrected chi connectivity index (χ4v) is 0.676. The molecule has 0 atom stereocenters. The van der Waals surface area contributed by atoms with Crippen LogP contribution in [0, 0.1) is 0 Å². The molecule has 3 nitrogen and oxygen atoms in total. The van der Waals surface area contributed by atoms with Gasteiger partial charge in [0, 0.05) is 11.2 Å². The van der Waals surface area contributed by atoms with E-state index < -0.39 is 5.97 Å². The van der Waals surface area contributed by atoms with Gasteiger partial charge in [-0.2, -0.15) is 0 Å². The van der Waals surface area contributed by atoms with Crippen molar-refractivity contribution in [2.75, 3.05) is 0 Å². The van der Waals surface area contributed by atoms with E-state index in [-0.39, 0.29) is 52.2 Å². The Bertz CT molecular complexity index is 271. The fraction of sp³-hybridized carbons (Fsp3) is 0. The number of carbonyl (C=O) groups excluding carboxylic acids is 1. The minimum atomic E-state index is -1.32. The van der Waals surface area contributed by atoms with Crippen LogP contribution in [0.5, 0.6) is 0 Å². The summed E-state index contributed by atoms with van der Waals surface area (Å²) in [6, 6.07) is 2.73. The Morgan fingerprint density at radius 2 is 2.17 bits per heavy atom. The van der Waals surface area contributed by atoms with Crippen molar-refractivity contribution in [1.29, 1.82) is 0 Å². The SMILES string of the molecule is Br.O=C([O-])c1cc(Cl)ccn1.[Na+]. The summed E-state index contributed by atoms with van der Waals surface area (Å²) in [5.41, 5.74) is -0.146. The van der Waals surface area contributed by atoms with Gasteiger partial charge in [-0.05, 0) is 12.1 Å². The standard InChI is InChI=1S/C6H4ClNO2.BrH.Na/c7-4-1-2-8-5(3-4)6(9)10;;/h1-3H,(H,9,10);1H;/q;;+1/p-1. The molecule has 6 heteroatoms. The van der Waals surface area contributed by atoms with Crippen molar-refractivity contribution in [3.05, 3.63) is 29.0 Å². The van der Waals surface area contributed by atoms with E-state index in [9.17, 15) is 9.90 Å². The summed E-state index contributed by atoms with van der Waals surface area (Å²) in [4.78, 5) is 13.6. The molecule has 1 aromatic rings. The van der Waals surface area contributed by atoms with Gasteiger partial charge >= 0.3 is 29.6 Å². The number of pyridine rings is 1. The molecule has 0 fully saturated rings. The molecular formula is C6H4BrClNNaO2. The smallest absolute Gasteiger partial charge is 0.543 e. The minimum absolute atomic E-state index is 0. The predicted octanol–water partition coefficient (Wildman–Crippen LogP) is -2.32. The molecule has 1 rings (SSSR count). The Morgan fingerprint density at radius 3 is 2.50 bits per heavy atom. The average Bonchev–Trinajstić information content (AvgIpc) is 1.88. The van der Waals surface area contributed by atoms with Crippen LogP contribution in [-0.2, 0) is 0 Å². The summed E-state index contributed by atoms with van der Waals surface area (Å²) in [6.07, 6.45) is 1.31. The predicted molar refractivity (Wildman–Crippen MR) is 43.9 cm³/mol.